The maximum Gasteiger partial charge on any atom is 0.120 e. The van der Waals surface area contributed by atoms with Gasteiger partial charge in [0.2, 0.25) is 0 Å². The minimum Gasteiger partial charge on any atom is -0.465 e. The molecule has 0 amide bonds. The fourth-order valence-electron chi connectivity index (χ4n) is 2.11. The number of hydrogen-bond donors (Lipinski definition) is 1. The van der Waals surface area contributed by atoms with Crippen LogP contribution in [0.15, 0.2) is 34.9 Å². The molecule has 3 heteroatoms. The highest BCUT2D eigenvalue weighted by atomic mass is 16.3. The van der Waals surface area contributed by atoms with E-state index in [4.69, 9.17) is 4.42 Å². The first-order valence-electron chi connectivity index (χ1n) is 6.64. The van der Waals surface area contributed by atoms with Crippen LogP contribution in [0.5, 0.6) is 0 Å². The fourth-order valence-corrected chi connectivity index (χ4v) is 2.11. The zero-order valence-corrected chi connectivity index (χ0v) is 11.4. The molecule has 0 aliphatic carbocycles. The predicted octanol–water partition coefficient (Wildman–Crippen LogP) is 3.65. The second-order valence-corrected chi connectivity index (χ2v) is 4.74. The highest BCUT2D eigenvalue weighted by Gasteiger charge is 2.09. The third kappa shape index (κ3) is 3.05. The number of nitrogens with one attached hydrogen (secondary N) is 1. The number of rotatable bonds is 6. The number of aryl methyl sites for hydroxylation is 2. The average Bonchev–Trinajstić information content (AvgIpc) is 2.96. The van der Waals surface area contributed by atoms with Crippen LogP contribution in [0.4, 0.5) is 0 Å². The Morgan fingerprint density at radius 1 is 1.33 bits per heavy atom. The second kappa shape index (κ2) is 5.91. The van der Waals surface area contributed by atoms with Crippen molar-refractivity contribution in [2.24, 2.45) is 0 Å². The lowest BCUT2D eigenvalue weighted by atomic mass is 10.2. The van der Waals surface area contributed by atoms with E-state index in [-0.39, 0.29) is 6.04 Å². The lowest BCUT2D eigenvalue weighted by molar-refractivity contribution is 0.412. The smallest absolute Gasteiger partial charge is 0.120 e. The maximum absolute atomic E-state index is 5.62. The standard InChI is InChI=1S/C15H22N2O/c1-4-9-17-10-5-6-14(17)11-16-13(3)15-8-7-12(2)18-15/h5-8,10,13,16H,4,9,11H2,1-3H3. The van der Waals surface area contributed by atoms with Crippen molar-refractivity contribution < 1.29 is 4.42 Å². The van der Waals surface area contributed by atoms with E-state index in [9.17, 15) is 0 Å². The van der Waals surface area contributed by atoms with Gasteiger partial charge in [-0.1, -0.05) is 6.92 Å². The summed E-state index contributed by atoms with van der Waals surface area (Å²) in [6.07, 6.45) is 3.30. The Morgan fingerprint density at radius 2 is 2.17 bits per heavy atom. The molecule has 98 valence electrons. The van der Waals surface area contributed by atoms with Crippen LogP contribution < -0.4 is 5.32 Å². The van der Waals surface area contributed by atoms with Gasteiger partial charge in [0.25, 0.3) is 0 Å². The molecule has 2 aromatic rings. The topological polar surface area (TPSA) is 30.1 Å². The van der Waals surface area contributed by atoms with Gasteiger partial charge in [0, 0.05) is 25.0 Å². The Labute approximate surface area is 109 Å². The summed E-state index contributed by atoms with van der Waals surface area (Å²) in [5, 5.41) is 3.50. The van der Waals surface area contributed by atoms with E-state index in [1.54, 1.807) is 0 Å². The third-order valence-corrected chi connectivity index (χ3v) is 3.17. The van der Waals surface area contributed by atoms with Gasteiger partial charge in [0.1, 0.15) is 11.5 Å². The highest BCUT2D eigenvalue weighted by Crippen LogP contribution is 2.16. The van der Waals surface area contributed by atoms with Crippen molar-refractivity contribution in [3.63, 3.8) is 0 Å². The maximum atomic E-state index is 5.62. The van der Waals surface area contributed by atoms with Gasteiger partial charge in [-0.15, -0.1) is 0 Å². The molecule has 18 heavy (non-hydrogen) atoms. The first kappa shape index (κ1) is 13.0. The molecule has 2 aromatic heterocycles. The summed E-state index contributed by atoms with van der Waals surface area (Å²) in [6.45, 7) is 8.26. The van der Waals surface area contributed by atoms with Gasteiger partial charge in [-0.2, -0.15) is 0 Å². The first-order valence-corrected chi connectivity index (χ1v) is 6.64. The Morgan fingerprint density at radius 3 is 2.83 bits per heavy atom. The average molecular weight is 246 g/mol. The molecule has 0 radical (unpaired) electrons. The van der Waals surface area contributed by atoms with Crippen LogP contribution in [-0.4, -0.2) is 4.57 Å². The normalized spacial score (nSPS) is 12.8. The largest absolute Gasteiger partial charge is 0.465 e. The van der Waals surface area contributed by atoms with Crippen molar-refractivity contribution in [1.82, 2.24) is 9.88 Å². The molecule has 0 saturated carbocycles. The summed E-state index contributed by atoms with van der Waals surface area (Å²) in [4.78, 5) is 0. The van der Waals surface area contributed by atoms with Crippen molar-refractivity contribution in [2.45, 2.75) is 46.3 Å². The van der Waals surface area contributed by atoms with Crippen LogP contribution in [0.25, 0.3) is 0 Å². The molecular weight excluding hydrogens is 224 g/mol. The van der Waals surface area contributed by atoms with Crippen LogP contribution >= 0.6 is 0 Å². The van der Waals surface area contributed by atoms with Crippen LogP contribution in [0.2, 0.25) is 0 Å². The van der Waals surface area contributed by atoms with Crippen LogP contribution in [0.3, 0.4) is 0 Å². The molecule has 1 N–H and O–H groups in total. The molecule has 2 rings (SSSR count). The van der Waals surface area contributed by atoms with Crippen LogP contribution in [-0.2, 0) is 13.1 Å². The molecule has 3 nitrogen and oxygen atoms in total. The van der Waals surface area contributed by atoms with Crippen molar-refractivity contribution in [3.05, 3.63) is 47.7 Å². The van der Waals surface area contributed by atoms with Gasteiger partial charge in [0.15, 0.2) is 0 Å². The lowest BCUT2D eigenvalue weighted by Gasteiger charge is -2.13. The van der Waals surface area contributed by atoms with Gasteiger partial charge in [-0.25, -0.2) is 0 Å². The van der Waals surface area contributed by atoms with E-state index in [1.165, 1.54) is 5.69 Å². The van der Waals surface area contributed by atoms with Gasteiger partial charge >= 0.3 is 0 Å². The van der Waals surface area contributed by atoms with E-state index in [0.29, 0.717) is 0 Å². The molecule has 0 saturated heterocycles. The third-order valence-electron chi connectivity index (χ3n) is 3.17. The zero-order valence-electron chi connectivity index (χ0n) is 11.4. The Balaban J connectivity index is 1.92. The van der Waals surface area contributed by atoms with E-state index >= 15 is 0 Å². The summed E-state index contributed by atoms with van der Waals surface area (Å²) in [6, 6.07) is 8.56. The van der Waals surface area contributed by atoms with Crippen molar-refractivity contribution in [1.29, 1.82) is 0 Å². The van der Waals surface area contributed by atoms with Crippen LogP contribution in [0.1, 0.15) is 43.5 Å². The zero-order chi connectivity index (χ0) is 13.0. The molecule has 1 unspecified atom stereocenters. The van der Waals surface area contributed by atoms with E-state index in [1.807, 2.05) is 19.1 Å². The van der Waals surface area contributed by atoms with E-state index < -0.39 is 0 Å². The summed E-state index contributed by atoms with van der Waals surface area (Å²) in [7, 11) is 0. The SMILES string of the molecule is CCCn1cccc1CNC(C)c1ccc(C)o1. The Kier molecular flexibility index (Phi) is 4.26. The van der Waals surface area contributed by atoms with Gasteiger partial charge < -0.3 is 14.3 Å². The van der Waals surface area contributed by atoms with Gasteiger partial charge in [-0.05, 0) is 44.5 Å². The van der Waals surface area contributed by atoms with Crippen LogP contribution in [0, 0.1) is 6.92 Å². The molecule has 2 heterocycles. The molecule has 0 aliphatic heterocycles. The summed E-state index contributed by atoms with van der Waals surface area (Å²) in [5.74, 6) is 1.97. The molecule has 0 aromatic carbocycles. The number of furan rings is 1. The minimum atomic E-state index is 0.240. The summed E-state index contributed by atoms with van der Waals surface area (Å²) in [5.41, 5.74) is 1.33. The fraction of sp³-hybridized carbons (Fsp3) is 0.467. The Hall–Kier alpha value is -1.48. The first-order chi connectivity index (χ1) is 8.70. The van der Waals surface area contributed by atoms with Crippen molar-refractivity contribution in [2.75, 3.05) is 0 Å². The molecule has 0 spiro atoms. The molecular formula is C15H22N2O. The van der Waals surface area contributed by atoms with E-state index in [0.717, 1.165) is 31.0 Å². The van der Waals surface area contributed by atoms with Crippen molar-refractivity contribution in [3.8, 4) is 0 Å². The molecule has 0 aliphatic rings. The molecule has 0 fully saturated rings. The number of aromatic nitrogens is 1. The lowest BCUT2D eigenvalue weighted by Crippen LogP contribution is -2.19. The minimum absolute atomic E-state index is 0.240. The highest BCUT2D eigenvalue weighted by molar-refractivity contribution is 5.11. The summed E-state index contributed by atoms with van der Waals surface area (Å²) < 4.78 is 7.92. The number of hydrogen-bond acceptors (Lipinski definition) is 2. The predicted molar refractivity (Wildman–Crippen MR) is 73.4 cm³/mol. The van der Waals surface area contributed by atoms with Gasteiger partial charge in [-0.3, -0.25) is 0 Å². The van der Waals surface area contributed by atoms with Crippen molar-refractivity contribution >= 4 is 0 Å². The monoisotopic (exact) mass is 246 g/mol. The van der Waals surface area contributed by atoms with E-state index in [2.05, 4.69) is 42.1 Å². The van der Waals surface area contributed by atoms with Gasteiger partial charge in [0.05, 0.1) is 6.04 Å². The Bertz CT molecular complexity index is 484. The molecule has 1 atom stereocenters. The summed E-state index contributed by atoms with van der Waals surface area (Å²) >= 11 is 0. The quantitative estimate of drug-likeness (QED) is 0.843. The molecule has 0 bridgehead atoms. The second-order valence-electron chi connectivity index (χ2n) is 4.74. The number of nitrogens with zero attached hydrogens (tertiary/aromatic N) is 1.